The van der Waals surface area contributed by atoms with E-state index in [0.717, 1.165) is 32.4 Å². The molecule has 12 nitrogen and oxygen atoms in total. The molecule has 1 aromatic carbocycles. The zero-order valence-corrected chi connectivity index (χ0v) is 22.3. The van der Waals surface area contributed by atoms with Gasteiger partial charge in [-0.25, -0.2) is 0 Å². The molecule has 3 aromatic rings. The lowest BCUT2D eigenvalue weighted by molar-refractivity contribution is -0.134. The highest BCUT2D eigenvalue weighted by Crippen LogP contribution is 2.37. The van der Waals surface area contributed by atoms with Crippen LogP contribution in [-0.4, -0.2) is 86.6 Å². The van der Waals surface area contributed by atoms with Crippen molar-refractivity contribution >= 4 is 46.4 Å². The van der Waals surface area contributed by atoms with Crippen LogP contribution in [0.25, 0.3) is 5.65 Å². The number of rotatable bonds is 7. The van der Waals surface area contributed by atoms with Gasteiger partial charge in [-0.15, -0.1) is 0 Å². The Hall–Kier alpha value is -4.13. The molecule has 6 rings (SSSR count). The standard InChI is InChI=1S/C26H28ClN11O/c1-16-14-36(22(39)15-35-5-2-6-35)7-8-37(16)21-10-17(11-28)9-20(23(21)27)32-25-33-24-18(12-29)13-30-38(24)26(34-25)31-19-3-4-19/h9-10,13,16,19H,2-8,14-15H2,1H3,(H2,31,32,33,34)/t16-/m0/s1. The van der Waals surface area contributed by atoms with Crippen LogP contribution < -0.4 is 15.5 Å². The van der Waals surface area contributed by atoms with Crippen molar-refractivity contribution in [3.8, 4) is 12.1 Å². The fourth-order valence-corrected chi connectivity index (χ4v) is 5.25. The van der Waals surface area contributed by atoms with E-state index in [1.165, 1.54) is 10.7 Å². The van der Waals surface area contributed by atoms with Crippen LogP contribution >= 0.6 is 11.6 Å². The van der Waals surface area contributed by atoms with Crippen molar-refractivity contribution in [3.63, 3.8) is 0 Å². The number of benzene rings is 1. The van der Waals surface area contributed by atoms with Crippen LogP contribution in [-0.2, 0) is 4.79 Å². The summed E-state index contributed by atoms with van der Waals surface area (Å²) in [5, 5.41) is 30.5. The van der Waals surface area contributed by atoms with Crippen LogP contribution in [0.1, 0.15) is 37.3 Å². The molecule has 2 aliphatic heterocycles. The van der Waals surface area contributed by atoms with E-state index in [9.17, 15) is 15.3 Å². The molecule has 1 aliphatic carbocycles. The summed E-state index contributed by atoms with van der Waals surface area (Å²) in [6.07, 6.45) is 4.69. The minimum atomic E-state index is 0.00491. The number of amides is 1. The van der Waals surface area contributed by atoms with Gasteiger partial charge in [-0.2, -0.15) is 30.1 Å². The smallest absolute Gasteiger partial charge is 0.236 e. The predicted octanol–water partition coefficient (Wildman–Crippen LogP) is 2.58. The molecule has 39 heavy (non-hydrogen) atoms. The lowest BCUT2D eigenvalue weighted by Crippen LogP contribution is -2.56. The van der Waals surface area contributed by atoms with Crippen LogP contribution in [0.15, 0.2) is 18.3 Å². The highest BCUT2D eigenvalue weighted by molar-refractivity contribution is 6.36. The maximum atomic E-state index is 12.8. The fourth-order valence-electron chi connectivity index (χ4n) is 4.98. The Kier molecular flexibility index (Phi) is 6.59. The Bertz CT molecular complexity index is 1510. The summed E-state index contributed by atoms with van der Waals surface area (Å²) in [6, 6.07) is 8.08. The summed E-state index contributed by atoms with van der Waals surface area (Å²) in [4.78, 5) is 28.1. The van der Waals surface area contributed by atoms with Gasteiger partial charge in [0.1, 0.15) is 11.6 Å². The van der Waals surface area contributed by atoms with E-state index in [0.29, 0.717) is 71.3 Å². The molecule has 2 saturated heterocycles. The number of nitrogens with one attached hydrogen (secondary N) is 2. The summed E-state index contributed by atoms with van der Waals surface area (Å²) in [6.45, 7) is 6.26. The summed E-state index contributed by atoms with van der Waals surface area (Å²) in [7, 11) is 0. The lowest BCUT2D eigenvalue weighted by atomic mass is 10.1. The third-order valence-corrected chi connectivity index (χ3v) is 7.82. The number of nitriles is 2. The van der Waals surface area contributed by atoms with Crippen LogP contribution in [0.3, 0.4) is 0 Å². The number of halogens is 1. The van der Waals surface area contributed by atoms with E-state index >= 15 is 0 Å². The molecular weight excluding hydrogens is 518 g/mol. The van der Waals surface area contributed by atoms with E-state index in [1.807, 2.05) is 4.90 Å². The Balaban J connectivity index is 1.27. The number of nitrogens with zero attached hydrogens (tertiary/aromatic N) is 9. The van der Waals surface area contributed by atoms with Gasteiger partial charge in [0, 0.05) is 31.7 Å². The summed E-state index contributed by atoms with van der Waals surface area (Å²) < 4.78 is 1.52. The topological polar surface area (TPSA) is 142 Å². The number of carbonyl (C=O) groups excluding carboxylic acids is 1. The number of likely N-dealkylation sites (tertiary alicyclic amines) is 1. The first-order valence-corrected chi connectivity index (χ1v) is 13.5. The van der Waals surface area contributed by atoms with Crippen molar-refractivity contribution in [2.45, 2.75) is 38.3 Å². The molecule has 1 atom stereocenters. The lowest BCUT2D eigenvalue weighted by Gasteiger charge is -2.42. The zero-order chi connectivity index (χ0) is 27.1. The second-order valence-corrected chi connectivity index (χ2v) is 10.7. The predicted molar refractivity (Wildman–Crippen MR) is 146 cm³/mol. The molecule has 2 aromatic heterocycles. The van der Waals surface area contributed by atoms with Gasteiger partial charge in [0.2, 0.25) is 17.8 Å². The molecule has 0 bridgehead atoms. The molecule has 0 unspecified atom stereocenters. The Morgan fingerprint density at radius 1 is 1.15 bits per heavy atom. The molecule has 2 N–H and O–H groups in total. The first-order chi connectivity index (χ1) is 18.9. The van der Waals surface area contributed by atoms with E-state index in [2.05, 4.69) is 54.6 Å². The average molecular weight is 546 g/mol. The number of piperazine rings is 1. The van der Waals surface area contributed by atoms with Crippen LogP contribution in [0.2, 0.25) is 5.02 Å². The molecule has 4 heterocycles. The highest BCUT2D eigenvalue weighted by atomic mass is 35.5. The van der Waals surface area contributed by atoms with Crippen molar-refractivity contribution in [1.29, 1.82) is 10.5 Å². The van der Waals surface area contributed by atoms with Crippen molar-refractivity contribution in [2.24, 2.45) is 0 Å². The van der Waals surface area contributed by atoms with Crippen molar-refractivity contribution in [3.05, 3.63) is 34.5 Å². The Labute approximate surface area is 230 Å². The molecule has 3 aliphatic rings. The van der Waals surface area contributed by atoms with Crippen LogP contribution in [0.5, 0.6) is 0 Å². The molecule has 13 heteroatoms. The summed E-state index contributed by atoms with van der Waals surface area (Å²) >= 11 is 6.93. The van der Waals surface area contributed by atoms with Gasteiger partial charge in [-0.3, -0.25) is 9.69 Å². The largest absolute Gasteiger partial charge is 0.364 e. The maximum absolute atomic E-state index is 12.8. The van der Waals surface area contributed by atoms with E-state index in [4.69, 9.17) is 11.6 Å². The molecule has 0 radical (unpaired) electrons. The van der Waals surface area contributed by atoms with Gasteiger partial charge in [-0.05, 0) is 51.4 Å². The monoisotopic (exact) mass is 545 g/mol. The Morgan fingerprint density at radius 3 is 2.64 bits per heavy atom. The number of hydrogen-bond donors (Lipinski definition) is 2. The number of carbonyl (C=O) groups is 1. The van der Waals surface area contributed by atoms with Crippen LogP contribution in [0, 0.1) is 22.7 Å². The van der Waals surface area contributed by atoms with E-state index < -0.39 is 0 Å². The SMILES string of the molecule is C[C@H]1CN(C(=O)CN2CCC2)CCN1c1cc(C#N)cc(Nc2nc(NC3CC3)n3ncc(C#N)c3n2)c1Cl. The van der Waals surface area contributed by atoms with Gasteiger partial charge in [0.15, 0.2) is 5.65 Å². The second-order valence-electron chi connectivity index (χ2n) is 10.3. The normalized spacial score (nSPS) is 19.3. The molecule has 3 fully saturated rings. The van der Waals surface area contributed by atoms with Gasteiger partial charge >= 0.3 is 0 Å². The number of fused-ring (bicyclic) bond motifs is 1. The quantitative estimate of drug-likeness (QED) is 0.455. The molecule has 0 spiro atoms. The number of aromatic nitrogens is 4. The second kappa shape index (κ2) is 10.2. The van der Waals surface area contributed by atoms with Crippen molar-refractivity contribution in [1.82, 2.24) is 29.4 Å². The van der Waals surface area contributed by atoms with Gasteiger partial charge < -0.3 is 20.4 Å². The Morgan fingerprint density at radius 2 is 1.97 bits per heavy atom. The number of hydrogen-bond acceptors (Lipinski definition) is 10. The maximum Gasteiger partial charge on any atom is 0.236 e. The minimum absolute atomic E-state index is 0.00491. The van der Waals surface area contributed by atoms with Gasteiger partial charge in [0.05, 0.1) is 40.8 Å². The first-order valence-electron chi connectivity index (χ1n) is 13.1. The first kappa shape index (κ1) is 25.2. The van der Waals surface area contributed by atoms with Crippen molar-refractivity contribution in [2.75, 3.05) is 54.8 Å². The molecule has 1 saturated carbocycles. The van der Waals surface area contributed by atoms with E-state index in [1.54, 1.807) is 12.1 Å². The molecule has 200 valence electrons. The van der Waals surface area contributed by atoms with Crippen LogP contribution in [0.4, 0.5) is 23.3 Å². The fraction of sp³-hybridized carbons (Fsp3) is 0.462. The summed E-state index contributed by atoms with van der Waals surface area (Å²) in [5.74, 6) is 0.868. The van der Waals surface area contributed by atoms with Gasteiger partial charge in [0.25, 0.3) is 0 Å². The third-order valence-electron chi connectivity index (χ3n) is 7.43. The van der Waals surface area contributed by atoms with Crippen molar-refractivity contribution < 1.29 is 4.79 Å². The highest BCUT2D eigenvalue weighted by Gasteiger charge is 2.31. The number of anilines is 4. The van der Waals surface area contributed by atoms with Gasteiger partial charge in [-0.1, -0.05) is 11.6 Å². The van der Waals surface area contributed by atoms with E-state index in [-0.39, 0.29) is 17.9 Å². The molecular formula is C26H28ClN11O. The zero-order valence-electron chi connectivity index (χ0n) is 21.6. The minimum Gasteiger partial charge on any atom is -0.364 e. The molecule has 1 amide bonds. The third kappa shape index (κ3) is 5.01. The average Bonchev–Trinajstić information content (AvgIpc) is 3.63. The summed E-state index contributed by atoms with van der Waals surface area (Å²) in [5.41, 5.74) is 2.32.